The number of hydrogen-bond acceptors (Lipinski definition) is 5. The first kappa shape index (κ1) is 17.3. The molecule has 0 aliphatic heterocycles. The van der Waals surface area contributed by atoms with Gasteiger partial charge < -0.3 is 14.8 Å². The van der Waals surface area contributed by atoms with E-state index >= 15 is 0 Å². The Balaban J connectivity index is 2.11. The van der Waals surface area contributed by atoms with E-state index in [1.807, 2.05) is 19.1 Å². The molecule has 2 aromatic rings. The molecular formula is C17H18N2O5. The number of nitro groups is 1. The SMILES string of the molecule is COc1ccc([N+](=O)[O-])cc1NC(=O)[C@@H](C)Oc1ccc(C)cc1. The summed E-state index contributed by atoms with van der Waals surface area (Å²) in [5.41, 5.74) is 1.16. The number of rotatable bonds is 6. The van der Waals surface area contributed by atoms with Crippen LogP contribution in [0, 0.1) is 17.0 Å². The standard InChI is InChI=1S/C17H18N2O5/c1-11-4-7-14(8-5-11)24-12(2)17(20)18-15-10-13(19(21)22)6-9-16(15)23-3/h4-10,12H,1-3H3,(H,18,20)/t12-/m1/s1. The summed E-state index contributed by atoms with van der Waals surface area (Å²) in [7, 11) is 1.42. The van der Waals surface area contributed by atoms with Gasteiger partial charge in [-0.3, -0.25) is 14.9 Å². The first-order valence-electron chi connectivity index (χ1n) is 7.27. The summed E-state index contributed by atoms with van der Waals surface area (Å²) in [6, 6.07) is 11.3. The Morgan fingerprint density at radius 1 is 1.21 bits per heavy atom. The molecule has 0 heterocycles. The minimum Gasteiger partial charge on any atom is -0.495 e. The van der Waals surface area contributed by atoms with Crippen molar-refractivity contribution in [1.29, 1.82) is 0 Å². The van der Waals surface area contributed by atoms with Crippen molar-refractivity contribution in [3.63, 3.8) is 0 Å². The van der Waals surface area contributed by atoms with E-state index in [1.165, 1.54) is 25.3 Å². The molecule has 24 heavy (non-hydrogen) atoms. The lowest BCUT2D eigenvalue weighted by atomic mass is 10.2. The average Bonchev–Trinajstić information content (AvgIpc) is 2.56. The molecule has 0 saturated carbocycles. The Morgan fingerprint density at radius 2 is 1.88 bits per heavy atom. The molecule has 1 atom stereocenters. The predicted octanol–water partition coefficient (Wildman–Crippen LogP) is 3.32. The number of anilines is 1. The van der Waals surface area contributed by atoms with Crippen molar-refractivity contribution < 1.29 is 19.2 Å². The largest absolute Gasteiger partial charge is 0.495 e. The van der Waals surface area contributed by atoms with Crippen molar-refractivity contribution in [1.82, 2.24) is 0 Å². The van der Waals surface area contributed by atoms with Gasteiger partial charge in [0.2, 0.25) is 0 Å². The maximum atomic E-state index is 12.3. The van der Waals surface area contributed by atoms with Crippen LogP contribution in [0.4, 0.5) is 11.4 Å². The van der Waals surface area contributed by atoms with Gasteiger partial charge in [-0.2, -0.15) is 0 Å². The highest BCUT2D eigenvalue weighted by molar-refractivity contribution is 5.95. The number of nitrogens with zero attached hydrogens (tertiary/aromatic N) is 1. The van der Waals surface area contributed by atoms with E-state index in [0.29, 0.717) is 11.5 Å². The molecule has 7 nitrogen and oxygen atoms in total. The molecule has 2 aromatic carbocycles. The quantitative estimate of drug-likeness (QED) is 0.648. The van der Waals surface area contributed by atoms with E-state index in [1.54, 1.807) is 19.1 Å². The van der Waals surface area contributed by atoms with Crippen molar-refractivity contribution in [2.75, 3.05) is 12.4 Å². The molecule has 1 amide bonds. The first-order chi connectivity index (χ1) is 11.4. The number of methoxy groups -OCH3 is 1. The fourth-order valence-corrected chi connectivity index (χ4v) is 2.02. The van der Waals surface area contributed by atoms with Crippen LogP contribution < -0.4 is 14.8 Å². The molecule has 0 radical (unpaired) electrons. The van der Waals surface area contributed by atoms with Gasteiger partial charge >= 0.3 is 0 Å². The van der Waals surface area contributed by atoms with Crippen LogP contribution in [0.25, 0.3) is 0 Å². The molecule has 0 unspecified atom stereocenters. The third-order valence-corrected chi connectivity index (χ3v) is 3.35. The number of aryl methyl sites for hydroxylation is 1. The van der Waals surface area contributed by atoms with E-state index in [2.05, 4.69) is 5.32 Å². The number of benzene rings is 2. The monoisotopic (exact) mass is 330 g/mol. The highest BCUT2D eigenvalue weighted by Crippen LogP contribution is 2.29. The molecular weight excluding hydrogens is 312 g/mol. The summed E-state index contributed by atoms with van der Waals surface area (Å²) >= 11 is 0. The smallest absolute Gasteiger partial charge is 0.271 e. The van der Waals surface area contributed by atoms with Crippen LogP contribution in [-0.4, -0.2) is 24.0 Å². The van der Waals surface area contributed by atoms with Crippen LogP contribution in [0.2, 0.25) is 0 Å². The van der Waals surface area contributed by atoms with E-state index in [4.69, 9.17) is 9.47 Å². The summed E-state index contributed by atoms with van der Waals surface area (Å²) in [5, 5.41) is 13.5. The summed E-state index contributed by atoms with van der Waals surface area (Å²) < 4.78 is 10.7. The number of amides is 1. The average molecular weight is 330 g/mol. The van der Waals surface area contributed by atoms with Crippen molar-refractivity contribution >= 4 is 17.3 Å². The zero-order valence-corrected chi connectivity index (χ0v) is 13.6. The lowest BCUT2D eigenvalue weighted by Gasteiger charge is -2.16. The zero-order valence-electron chi connectivity index (χ0n) is 13.6. The topological polar surface area (TPSA) is 90.7 Å². The molecule has 0 fully saturated rings. The summed E-state index contributed by atoms with van der Waals surface area (Å²) in [5.74, 6) is 0.458. The maximum absolute atomic E-state index is 12.3. The molecule has 1 N–H and O–H groups in total. The number of hydrogen-bond donors (Lipinski definition) is 1. The van der Waals surface area contributed by atoms with E-state index in [9.17, 15) is 14.9 Å². The number of ether oxygens (including phenoxy) is 2. The lowest BCUT2D eigenvalue weighted by molar-refractivity contribution is -0.384. The van der Waals surface area contributed by atoms with Gasteiger partial charge in [-0.1, -0.05) is 17.7 Å². The Labute approximate surface area is 139 Å². The van der Waals surface area contributed by atoms with Crippen molar-refractivity contribution in [2.24, 2.45) is 0 Å². The Kier molecular flexibility index (Phi) is 5.36. The van der Waals surface area contributed by atoms with E-state index in [0.717, 1.165) is 5.56 Å². The number of carbonyl (C=O) groups is 1. The molecule has 0 spiro atoms. The fourth-order valence-electron chi connectivity index (χ4n) is 2.02. The predicted molar refractivity (Wildman–Crippen MR) is 89.5 cm³/mol. The van der Waals surface area contributed by atoms with Crippen LogP contribution >= 0.6 is 0 Å². The molecule has 0 aliphatic rings. The Hall–Kier alpha value is -3.09. The fraction of sp³-hybridized carbons (Fsp3) is 0.235. The Morgan fingerprint density at radius 3 is 2.46 bits per heavy atom. The van der Waals surface area contributed by atoms with Gasteiger partial charge in [-0.15, -0.1) is 0 Å². The number of non-ortho nitro benzene ring substituents is 1. The normalized spacial score (nSPS) is 11.5. The summed E-state index contributed by atoms with van der Waals surface area (Å²) in [6.45, 7) is 3.55. The highest BCUT2D eigenvalue weighted by atomic mass is 16.6. The number of nitrogens with one attached hydrogen (secondary N) is 1. The molecule has 0 aliphatic carbocycles. The van der Waals surface area contributed by atoms with Gasteiger partial charge in [0.1, 0.15) is 11.5 Å². The molecule has 0 saturated heterocycles. The molecule has 0 bridgehead atoms. The maximum Gasteiger partial charge on any atom is 0.271 e. The van der Waals surface area contributed by atoms with Crippen LogP contribution in [0.3, 0.4) is 0 Å². The molecule has 126 valence electrons. The van der Waals surface area contributed by atoms with Gasteiger partial charge in [-0.05, 0) is 32.0 Å². The highest BCUT2D eigenvalue weighted by Gasteiger charge is 2.19. The molecule has 7 heteroatoms. The van der Waals surface area contributed by atoms with Crippen LogP contribution in [0.1, 0.15) is 12.5 Å². The lowest BCUT2D eigenvalue weighted by Crippen LogP contribution is -2.30. The van der Waals surface area contributed by atoms with Crippen molar-refractivity contribution in [3.05, 3.63) is 58.1 Å². The second-order valence-corrected chi connectivity index (χ2v) is 5.20. The van der Waals surface area contributed by atoms with Gasteiger partial charge in [0, 0.05) is 12.1 Å². The summed E-state index contributed by atoms with van der Waals surface area (Å²) in [6.07, 6.45) is -0.781. The van der Waals surface area contributed by atoms with Crippen LogP contribution in [0.5, 0.6) is 11.5 Å². The zero-order chi connectivity index (χ0) is 17.7. The van der Waals surface area contributed by atoms with E-state index < -0.39 is 16.9 Å². The number of carbonyl (C=O) groups excluding carboxylic acids is 1. The van der Waals surface area contributed by atoms with Crippen LogP contribution in [-0.2, 0) is 4.79 Å². The van der Waals surface area contributed by atoms with Gasteiger partial charge in [-0.25, -0.2) is 0 Å². The minimum absolute atomic E-state index is 0.141. The molecule has 2 rings (SSSR count). The number of nitro benzene ring substituents is 1. The third-order valence-electron chi connectivity index (χ3n) is 3.35. The van der Waals surface area contributed by atoms with Gasteiger partial charge in [0.15, 0.2) is 6.10 Å². The van der Waals surface area contributed by atoms with Gasteiger partial charge in [0.25, 0.3) is 11.6 Å². The second-order valence-electron chi connectivity index (χ2n) is 5.20. The van der Waals surface area contributed by atoms with Crippen molar-refractivity contribution in [2.45, 2.75) is 20.0 Å². The minimum atomic E-state index is -0.781. The summed E-state index contributed by atoms with van der Waals surface area (Å²) in [4.78, 5) is 22.6. The second kappa shape index (κ2) is 7.45. The Bertz CT molecular complexity index is 743. The third kappa shape index (κ3) is 4.22. The molecule has 0 aromatic heterocycles. The van der Waals surface area contributed by atoms with E-state index in [-0.39, 0.29) is 11.4 Å². The van der Waals surface area contributed by atoms with Gasteiger partial charge in [0.05, 0.1) is 17.7 Å². The first-order valence-corrected chi connectivity index (χ1v) is 7.27. The van der Waals surface area contributed by atoms with Crippen molar-refractivity contribution in [3.8, 4) is 11.5 Å². The van der Waals surface area contributed by atoms with Crippen LogP contribution in [0.15, 0.2) is 42.5 Å².